The van der Waals surface area contributed by atoms with Crippen molar-refractivity contribution >= 4 is 23.2 Å². The summed E-state index contributed by atoms with van der Waals surface area (Å²) >= 11 is 1.55. The highest BCUT2D eigenvalue weighted by atomic mass is 32.1. The average Bonchev–Trinajstić information content (AvgIpc) is 3.19. The summed E-state index contributed by atoms with van der Waals surface area (Å²) in [6.45, 7) is 7.30. The molecule has 0 radical (unpaired) electrons. The van der Waals surface area contributed by atoms with E-state index in [1.165, 1.54) is 0 Å². The Labute approximate surface area is 141 Å². The Morgan fingerprint density at radius 1 is 1.52 bits per heavy atom. The van der Waals surface area contributed by atoms with Gasteiger partial charge in [0.05, 0.1) is 17.1 Å². The largest absolute Gasteiger partial charge is 0.333 e. The third-order valence-electron chi connectivity index (χ3n) is 5.34. The lowest BCUT2D eigenvalue weighted by molar-refractivity contribution is -0.133. The SMILES string of the molecule is C=CCN1C(=O)CC[C@]12CCCN(C(=O)c1ccsc1)[C@H]2CC. The molecule has 1 spiro atoms. The molecule has 124 valence electrons. The molecular weight excluding hydrogens is 308 g/mol. The zero-order chi connectivity index (χ0) is 16.4. The van der Waals surface area contributed by atoms with Crippen LogP contribution in [0.3, 0.4) is 0 Å². The fraction of sp³-hybridized carbons (Fsp3) is 0.556. The lowest BCUT2D eigenvalue weighted by Crippen LogP contribution is -2.64. The number of thiophene rings is 1. The quantitative estimate of drug-likeness (QED) is 0.794. The van der Waals surface area contributed by atoms with E-state index in [1.807, 2.05) is 26.6 Å². The van der Waals surface area contributed by atoms with E-state index in [2.05, 4.69) is 13.5 Å². The minimum atomic E-state index is -0.204. The van der Waals surface area contributed by atoms with Crippen LogP contribution in [-0.4, -0.2) is 46.3 Å². The van der Waals surface area contributed by atoms with Gasteiger partial charge >= 0.3 is 0 Å². The van der Waals surface area contributed by atoms with Crippen LogP contribution in [0.25, 0.3) is 0 Å². The van der Waals surface area contributed by atoms with Gasteiger partial charge in [-0.3, -0.25) is 9.59 Å². The Morgan fingerprint density at radius 2 is 2.35 bits per heavy atom. The van der Waals surface area contributed by atoms with Crippen LogP contribution in [0.5, 0.6) is 0 Å². The number of piperidine rings is 1. The molecule has 4 nitrogen and oxygen atoms in total. The van der Waals surface area contributed by atoms with Gasteiger partial charge in [0.2, 0.25) is 5.91 Å². The van der Waals surface area contributed by atoms with Crippen LogP contribution >= 0.6 is 11.3 Å². The summed E-state index contributed by atoms with van der Waals surface area (Å²) in [4.78, 5) is 29.3. The molecule has 2 aliphatic heterocycles. The minimum Gasteiger partial charge on any atom is -0.333 e. The van der Waals surface area contributed by atoms with E-state index >= 15 is 0 Å². The molecule has 2 amide bonds. The van der Waals surface area contributed by atoms with Gasteiger partial charge in [0, 0.05) is 24.9 Å². The van der Waals surface area contributed by atoms with Gasteiger partial charge in [-0.2, -0.15) is 11.3 Å². The molecule has 2 saturated heterocycles. The number of carbonyl (C=O) groups is 2. The van der Waals surface area contributed by atoms with E-state index in [-0.39, 0.29) is 23.4 Å². The normalized spacial score (nSPS) is 27.7. The summed E-state index contributed by atoms with van der Waals surface area (Å²) in [7, 11) is 0. The maximum atomic E-state index is 12.9. The van der Waals surface area contributed by atoms with Crippen molar-refractivity contribution in [2.24, 2.45) is 0 Å². The highest BCUT2D eigenvalue weighted by Gasteiger charge is 2.53. The van der Waals surface area contributed by atoms with Gasteiger partial charge in [0.25, 0.3) is 5.91 Å². The van der Waals surface area contributed by atoms with Crippen molar-refractivity contribution < 1.29 is 9.59 Å². The summed E-state index contributed by atoms with van der Waals surface area (Å²) in [5, 5.41) is 3.86. The molecule has 1 aromatic heterocycles. The first-order valence-electron chi connectivity index (χ1n) is 8.38. The van der Waals surface area contributed by atoms with Crippen LogP contribution in [0, 0.1) is 0 Å². The van der Waals surface area contributed by atoms with Crippen LogP contribution < -0.4 is 0 Å². The summed E-state index contributed by atoms with van der Waals surface area (Å²) in [5.41, 5.74) is 0.564. The molecule has 1 aromatic rings. The Kier molecular flexibility index (Phi) is 4.57. The molecule has 2 atom stereocenters. The maximum Gasteiger partial charge on any atom is 0.255 e. The van der Waals surface area contributed by atoms with Gasteiger partial charge in [-0.1, -0.05) is 13.0 Å². The van der Waals surface area contributed by atoms with Crippen molar-refractivity contribution in [3.8, 4) is 0 Å². The lowest BCUT2D eigenvalue weighted by Gasteiger charge is -2.52. The number of nitrogens with zero attached hydrogens (tertiary/aromatic N) is 2. The first-order valence-corrected chi connectivity index (χ1v) is 9.33. The van der Waals surface area contributed by atoms with E-state index in [0.717, 1.165) is 37.8 Å². The first-order chi connectivity index (χ1) is 11.1. The number of hydrogen-bond acceptors (Lipinski definition) is 3. The van der Waals surface area contributed by atoms with E-state index in [9.17, 15) is 9.59 Å². The van der Waals surface area contributed by atoms with Crippen molar-refractivity contribution in [2.45, 2.75) is 50.6 Å². The molecule has 5 heteroatoms. The fourth-order valence-corrected chi connectivity index (χ4v) is 5.05. The monoisotopic (exact) mass is 332 g/mol. The predicted molar refractivity (Wildman–Crippen MR) is 92.5 cm³/mol. The van der Waals surface area contributed by atoms with Crippen LogP contribution in [0.1, 0.15) is 49.4 Å². The highest BCUT2D eigenvalue weighted by Crippen LogP contribution is 2.43. The molecular formula is C18H24N2O2S. The lowest BCUT2D eigenvalue weighted by atomic mass is 9.77. The van der Waals surface area contributed by atoms with Crippen LogP contribution in [0.15, 0.2) is 29.5 Å². The zero-order valence-electron chi connectivity index (χ0n) is 13.7. The minimum absolute atomic E-state index is 0.0926. The third-order valence-corrected chi connectivity index (χ3v) is 6.03. The molecule has 0 aromatic carbocycles. The fourth-order valence-electron chi connectivity index (χ4n) is 4.42. The topological polar surface area (TPSA) is 40.6 Å². The Morgan fingerprint density at radius 3 is 3.00 bits per heavy atom. The van der Waals surface area contributed by atoms with Crippen molar-refractivity contribution in [3.05, 3.63) is 35.0 Å². The Hall–Kier alpha value is -1.62. The van der Waals surface area contributed by atoms with Crippen molar-refractivity contribution in [2.75, 3.05) is 13.1 Å². The van der Waals surface area contributed by atoms with Gasteiger partial charge in [-0.05, 0) is 37.1 Å². The number of hydrogen-bond donors (Lipinski definition) is 0. The number of likely N-dealkylation sites (tertiary alicyclic amines) is 2. The average molecular weight is 332 g/mol. The van der Waals surface area contributed by atoms with E-state index in [0.29, 0.717) is 13.0 Å². The van der Waals surface area contributed by atoms with Crippen molar-refractivity contribution in [3.63, 3.8) is 0 Å². The molecule has 0 N–H and O–H groups in total. The van der Waals surface area contributed by atoms with Gasteiger partial charge < -0.3 is 9.80 Å². The van der Waals surface area contributed by atoms with E-state index in [1.54, 1.807) is 17.4 Å². The van der Waals surface area contributed by atoms with Crippen molar-refractivity contribution in [1.29, 1.82) is 0 Å². The zero-order valence-corrected chi connectivity index (χ0v) is 14.5. The molecule has 0 saturated carbocycles. The number of amides is 2. The highest BCUT2D eigenvalue weighted by molar-refractivity contribution is 7.08. The maximum absolute atomic E-state index is 12.9. The third kappa shape index (κ3) is 2.61. The first kappa shape index (κ1) is 16.2. The summed E-state index contributed by atoms with van der Waals surface area (Å²) in [6.07, 6.45) is 6.05. The molecule has 3 rings (SSSR count). The summed E-state index contributed by atoms with van der Waals surface area (Å²) in [6, 6.07) is 1.98. The molecule has 0 aliphatic carbocycles. The van der Waals surface area contributed by atoms with Gasteiger partial charge in [-0.25, -0.2) is 0 Å². The molecule has 2 aliphatic rings. The summed E-state index contributed by atoms with van der Waals surface area (Å²) < 4.78 is 0. The van der Waals surface area contributed by atoms with Gasteiger partial charge in [-0.15, -0.1) is 6.58 Å². The van der Waals surface area contributed by atoms with E-state index in [4.69, 9.17) is 0 Å². The van der Waals surface area contributed by atoms with Gasteiger partial charge in [0.1, 0.15) is 0 Å². The van der Waals surface area contributed by atoms with Gasteiger partial charge in [0.15, 0.2) is 0 Å². The molecule has 3 heterocycles. The van der Waals surface area contributed by atoms with Crippen molar-refractivity contribution in [1.82, 2.24) is 9.80 Å². The standard InChI is InChI=1S/C18H24N2O2S/c1-3-10-20-16(21)6-9-18(20)8-5-11-19(15(18)4-2)17(22)14-7-12-23-13-14/h3,7,12-13,15H,1,4-6,8-11H2,2H3/t15-,18-/m0/s1. The molecule has 2 fully saturated rings. The second-order valence-electron chi connectivity index (χ2n) is 6.43. The smallest absolute Gasteiger partial charge is 0.255 e. The number of carbonyl (C=O) groups excluding carboxylic acids is 2. The molecule has 0 bridgehead atoms. The van der Waals surface area contributed by atoms with Crippen LogP contribution in [-0.2, 0) is 4.79 Å². The van der Waals surface area contributed by atoms with E-state index < -0.39 is 0 Å². The number of rotatable bonds is 4. The second-order valence-corrected chi connectivity index (χ2v) is 7.21. The second kappa shape index (κ2) is 6.48. The van der Waals surface area contributed by atoms with Crippen LogP contribution in [0.2, 0.25) is 0 Å². The molecule has 0 unspecified atom stereocenters. The van der Waals surface area contributed by atoms with Crippen LogP contribution in [0.4, 0.5) is 0 Å². The Balaban J connectivity index is 1.94. The Bertz CT molecular complexity index is 598. The molecule has 23 heavy (non-hydrogen) atoms. The summed E-state index contributed by atoms with van der Waals surface area (Å²) in [5.74, 6) is 0.309. The predicted octanol–water partition coefficient (Wildman–Crippen LogP) is 3.31.